The number of hydrogen-bond acceptors (Lipinski definition) is 4. The summed E-state index contributed by atoms with van der Waals surface area (Å²) in [5, 5.41) is 15.8. The fraction of sp³-hybridized carbons (Fsp3) is 0.579. The van der Waals surface area contributed by atoms with Crippen LogP contribution in [-0.2, 0) is 0 Å². The Bertz CT molecular complexity index is 661. The SMILES string of the molecule is Cc1cccc(C(=O)N2CCSCC2)c1NC(=O)NC1CCCCC1O. The van der Waals surface area contributed by atoms with Gasteiger partial charge in [0.15, 0.2) is 0 Å². The van der Waals surface area contributed by atoms with E-state index in [0.717, 1.165) is 49.4 Å². The molecule has 3 N–H and O–H groups in total. The van der Waals surface area contributed by atoms with Crippen LogP contribution in [0.5, 0.6) is 0 Å². The van der Waals surface area contributed by atoms with Crippen molar-refractivity contribution in [2.45, 2.75) is 44.8 Å². The molecule has 2 fully saturated rings. The van der Waals surface area contributed by atoms with E-state index in [-0.39, 0.29) is 18.0 Å². The van der Waals surface area contributed by atoms with Crippen LogP contribution < -0.4 is 10.6 Å². The Labute approximate surface area is 158 Å². The fourth-order valence-electron chi connectivity index (χ4n) is 3.55. The molecule has 2 unspecified atom stereocenters. The van der Waals surface area contributed by atoms with Crippen molar-refractivity contribution in [1.29, 1.82) is 0 Å². The van der Waals surface area contributed by atoms with E-state index in [1.807, 2.05) is 35.7 Å². The largest absolute Gasteiger partial charge is 0.391 e. The Morgan fingerprint density at radius 3 is 2.65 bits per heavy atom. The highest BCUT2D eigenvalue weighted by molar-refractivity contribution is 7.99. The number of nitrogens with zero attached hydrogens (tertiary/aromatic N) is 1. The number of nitrogens with one attached hydrogen (secondary N) is 2. The van der Waals surface area contributed by atoms with Gasteiger partial charge in [0.25, 0.3) is 5.91 Å². The average Bonchev–Trinajstić information content (AvgIpc) is 2.65. The molecule has 0 spiro atoms. The number of urea groups is 1. The number of carbonyl (C=O) groups excluding carboxylic acids is 2. The number of aliphatic hydroxyl groups excluding tert-OH is 1. The van der Waals surface area contributed by atoms with E-state index in [4.69, 9.17) is 0 Å². The number of thioether (sulfide) groups is 1. The van der Waals surface area contributed by atoms with Crippen molar-refractivity contribution < 1.29 is 14.7 Å². The van der Waals surface area contributed by atoms with Gasteiger partial charge < -0.3 is 20.6 Å². The number of amides is 3. The number of benzene rings is 1. The molecule has 1 aromatic carbocycles. The Balaban J connectivity index is 1.72. The smallest absolute Gasteiger partial charge is 0.319 e. The van der Waals surface area contributed by atoms with Crippen molar-refractivity contribution in [3.63, 3.8) is 0 Å². The van der Waals surface area contributed by atoms with Crippen LogP contribution in [0.25, 0.3) is 0 Å². The van der Waals surface area contributed by atoms with Gasteiger partial charge in [-0.2, -0.15) is 11.8 Å². The Hall–Kier alpha value is -1.73. The second-order valence-electron chi connectivity index (χ2n) is 6.96. The van der Waals surface area contributed by atoms with Gasteiger partial charge >= 0.3 is 6.03 Å². The zero-order valence-corrected chi connectivity index (χ0v) is 16.0. The van der Waals surface area contributed by atoms with E-state index < -0.39 is 6.10 Å². The quantitative estimate of drug-likeness (QED) is 0.756. The van der Waals surface area contributed by atoms with E-state index >= 15 is 0 Å². The summed E-state index contributed by atoms with van der Waals surface area (Å²) in [4.78, 5) is 27.2. The van der Waals surface area contributed by atoms with Crippen molar-refractivity contribution in [2.24, 2.45) is 0 Å². The zero-order valence-electron chi connectivity index (χ0n) is 15.2. The first-order chi connectivity index (χ1) is 12.6. The fourth-order valence-corrected chi connectivity index (χ4v) is 4.45. The summed E-state index contributed by atoms with van der Waals surface area (Å²) in [7, 11) is 0. The van der Waals surface area contributed by atoms with E-state index in [2.05, 4.69) is 10.6 Å². The van der Waals surface area contributed by atoms with Gasteiger partial charge in [0.2, 0.25) is 0 Å². The molecule has 2 aliphatic rings. The number of hydrogen-bond donors (Lipinski definition) is 3. The van der Waals surface area contributed by atoms with Gasteiger partial charge in [-0.25, -0.2) is 4.79 Å². The van der Waals surface area contributed by atoms with E-state index in [1.54, 1.807) is 6.07 Å². The van der Waals surface area contributed by atoms with Gasteiger partial charge in [-0.1, -0.05) is 25.0 Å². The zero-order chi connectivity index (χ0) is 18.5. The summed E-state index contributed by atoms with van der Waals surface area (Å²) in [6, 6.07) is 4.89. The highest BCUT2D eigenvalue weighted by Crippen LogP contribution is 2.24. The van der Waals surface area contributed by atoms with Crippen LogP contribution >= 0.6 is 11.8 Å². The minimum absolute atomic E-state index is 0.0398. The molecule has 6 nitrogen and oxygen atoms in total. The normalized spacial score (nSPS) is 23.4. The molecule has 1 heterocycles. The van der Waals surface area contributed by atoms with Crippen LogP contribution in [0.3, 0.4) is 0 Å². The van der Waals surface area contributed by atoms with Crippen molar-refractivity contribution in [3.8, 4) is 0 Å². The van der Waals surface area contributed by atoms with Gasteiger partial charge in [0, 0.05) is 24.6 Å². The van der Waals surface area contributed by atoms with Gasteiger partial charge in [0.1, 0.15) is 0 Å². The minimum atomic E-state index is -0.502. The van der Waals surface area contributed by atoms with Crippen LogP contribution in [0.15, 0.2) is 18.2 Å². The third kappa shape index (κ3) is 4.51. The molecule has 1 aliphatic carbocycles. The Morgan fingerprint density at radius 1 is 1.19 bits per heavy atom. The molecule has 2 atom stereocenters. The molecule has 0 aromatic heterocycles. The summed E-state index contributed by atoms with van der Waals surface area (Å²) >= 11 is 1.85. The average molecular weight is 378 g/mol. The van der Waals surface area contributed by atoms with E-state index in [1.165, 1.54) is 0 Å². The first kappa shape index (κ1) is 19.0. The van der Waals surface area contributed by atoms with E-state index in [0.29, 0.717) is 17.7 Å². The van der Waals surface area contributed by atoms with Crippen LogP contribution in [-0.4, -0.2) is 58.7 Å². The molecular weight excluding hydrogens is 350 g/mol. The maximum atomic E-state index is 12.9. The molecule has 142 valence electrons. The van der Waals surface area contributed by atoms with Crippen LogP contribution in [0.4, 0.5) is 10.5 Å². The number of anilines is 1. The summed E-state index contributed by atoms with van der Waals surface area (Å²) in [6.07, 6.45) is 2.98. The molecule has 1 aliphatic heterocycles. The standard InChI is InChI=1S/C19H27N3O3S/c1-13-5-4-6-14(18(24)22-9-11-26-12-10-22)17(13)21-19(25)20-15-7-2-3-8-16(15)23/h4-6,15-16,23H,2-3,7-12H2,1H3,(H2,20,21,25). The van der Waals surface area contributed by atoms with Crippen LogP contribution in [0.1, 0.15) is 41.6 Å². The van der Waals surface area contributed by atoms with Crippen LogP contribution in [0.2, 0.25) is 0 Å². The molecule has 7 heteroatoms. The minimum Gasteiger partial charge on any atom is -0.391 e. The van der Waals surface area contributed by atoms with Crippen molar-refractivity contribution in [1.82, 2.24) is 10.2 Å². The number of rotatable bonds is 3. The lowest BCUT2D eigenvalue weighted by Gasteiger charge is -2.29. The monoisotopic (exact) mass is 377 g/mol. The summed E-state index contributed by atoms with van der Waals surface area (Å²) in [6.45, 7) is 3.35. The molecule has 3 amide bonds. The topological polar surface area (TPSA) is 81.7 Å². The van der Waals surface area contributed by atoms with Crippen molar-refractivity contribution >= 4 is 29.4 Å². The first-order valence-corrected chi connectivity index (χ1v) is 10.4. The second kappa shape index (κ2) is 8.77. The van der Waals surface area contributed by atoms with Gasteiger partial charge in [-0.15, -0.1) is 0 Å². The number of aryl methyl sites for hydroxylation is 1. The molecule has 26 heavy (non-hydrogen) atoms. The third-order valence-electron chi connectivity index (χ3n) is 5.09. The highest BCUT2D eigenvalue weighted by Gasteiger charge is 2.26. The molecule has 0 bridgehead atoms. The van der Waals surface area contributed by atoms with Crippen molar-refractivity contribution in [2.75, 3.05) is 29.9 Å². The molecule has 1 saturated heterocycles. The third-order valence-corrected chi connectivity index (χ3v) is 6.03. The van der Waals surface area contributed by atoms with Gasteiger partial charge in [-0.3, -0.25) is 4.79 Å². The number of para-hydroxylation sites is 1. The maximum absolute atomic E-state index is 12.9. The molecule has 1 saturated carbocycles. The van der Waals surface area contributed by atoms with Gasteiger partial charge in [0.05, 0.1) is 23.4 Å². The van der Waals surface area contributed by atoms with Crippen LogP contribution in [0, 0.1) is 6.92 Å². The predicted octanol–water partition coefficient (Wildman–Crippen LogP) is 2.61. The molecule has 0 radical (unpaired) electrons. The lowest BCUT2D eigenvalue weighted by Crippen LogP contribution is -2.47. The van der Waals surface area contributed by atoms with Gasteiger partial charge in [-0.05, 0) is 31.4 Å². The lowest BCUT2D eigenvalue weighted by atomic mass is 9.93. The molecule has 3 rings (SSSR count). The number of carbonyl (C=O) groups is 2. The summed E-state index contributed by atoms with van der Waals surface area (Å²) in [5.41, 5.74) is 1.93. The maximum Gasteiger partial charge on any atom is 0.319 e. The summed E-state index contributed by atoms with van der Waals surface area (Å²) < 4.78 is 0. The Morgan fingerprint density at radius 2 is 1.92 bits per heavy atom. The number of aliphatic hydroxyl groups is 1. The highest BCUT2D eigenvalue weighted by atomic mass is 32.2. The Kier molecular flexibility index (Phi) is 6.43. The molecule has 1 aromatic rings. The second-order valence-corrected chi connectivity index (χ2v) is 8.18. The predicted molar refractivity (Wildman–Crippen MR) is 105 cm³/mol. The first-order valence-electron chi connectivity index (χ1n) is 9.28. The summed E-state index contributed by atoms with van der Waals surface area (Å²) in [5.74, 6) is 1.85. The lowest BCUT2D eigenvalue weighted by molar-refractivity contribution is 0.0773. The molecular formula is C19H27N3O3S. The van der Waals surface area contributed by atoms with Crippen molar-refractivity contribution in [3.05, 3.63) is 29.3 Å². The van der Waals surface area contributed by atoms with E-state index in [9.17, 15) is 14.7 Å².